The Morgan fingerprint density at radius 3 is 2.63 bits per heavy atom. The lowest BCUT2D eigenvalue weighted by atomic mass is 9.92. The molecule has 0 radical (unpaired) electrons. The second-order valence-electron chi connectivity index (χ2n) is 8.40. The molecule has 3 rings (SSSR count). The molecule has 2 aliphatic rings. The largest absolute Gasteiger partial charge is 0.379 e. The Hall–Kier alpha value is -1.43. The van der Waals surface area contributed by atoms with Crippen LogP contribution in [0.3, 0.4) is 0 Å². The average molecular weight is 374 g/mol. The normalized spacial score (nSPS) is 24.7. The predicted octanol–water partition coefficient (Wildman–Crippen LogP) is 2.62. The first-order chi connectivity index (χ1) is 13.1. The van der Waals surface area contributed by atoms with E-state index in [-0.39, 0.29) is 5.91 Å². The number of likely N-dealkylation sites (tertiary alicyclic amines) is 1. The summed E-state index contributed by atoms with van der Waals surface area (Å²) in [5, 5.41) is 3.09. The van der Waals surface area contributed by atoms with Gasteiger partial charge in [0.25, 0.3) is 5.91 Å². The van der Waals surface area contributed by atoms with Crippen LogP contribution in [0.5, 0.6) is 0 Å². The number of hydrogen-bond acceptors (Lipinski definition) is 4. The summed E-state index contributed by atoms with van der Waals surface area (Å²) < 4.78 is 5.40. The van der Waals surface area contributed by atoms with Crippen molar-refractivity contribution in [2.24, 2.45) is 11.8 Å². The van der Waals surface area contributed by atoms with E-state index in [4.69, 9.17) is 4.74 Å². The molecule has 2 atom stereocenters. The zero-order valence-corrected chi connectivity index (χ0v) is 17.0. The molecule has 1 amide bonds. The molecule has 150 valence electrons. The van der Waals surface area contributed by atoms with Gasteiger partial charge in [-0.1, -0.05) is 26.0 Å². The Bertz CT molecular complexity index is 591. The van der Waals surface area contributed by atoms with E-state index in [9.17, 15) is 4.79 Å². The van der Waals surface area contributed by atoms with Gasteiger partial charge in [-0.2, -0.15) is 0 Å². The van der Waals surface area contributed by atoms with Gasteiger partial charge < -0.3 is 15.0 Å². The molecule has 2 unspecified atom stereocenters. The minimum atomic E-state index is 0.0409. The molecule has 27 heavy (non-hydrogen) atoms. The third-order valence-corrected chi connectivity index (χ3v) is 5.58. The van der Waals surface area contributed by atoms with Gasteiger partial charge in [-0.25, -0.2) is 0 Å². The van der Waals surface area contributed by atoms with E-state index in [0.29, 0.717) is 0 Å². The van der Waals surface area contributed by atoms with Crippen LogP contribution in [-0.4, -0.2) is 68.2 Å². The number of rotatable bonds is 7. The molecule has 0 aromatic heterocycles. The van der Waals surface area contributed by atoms with E-state index < -0.39 is 0 Å². The Morgan fingerprint density at radius 2 is 1.89 bits per heavy atom. The topological polar surface area (TPSA) is 44.8 Å². The third kappa shape index (κ3) is 6.59. The fourth-order valence-electron chi connectivity index (χ4n) is 4.41. The molecule has 0 spiro atoms. The van der Waals surface area contributed by atoms with E-state index >= 15 is 0 Å². The molecule has 5 nitrogen and oxygen atoms in total. The summed E-state index contributed by atoms with van der Waals surface area (Å²) in [5.41, 5.74) is 1.96. The number of morpholine rings is 1. The number of benzene rings is 1. The maximum atomic E-state index is 12.5. The van der Waals surface area contributed by atoms with Crippen molar-refractivity contribution in [2.75, 3.05) is 52.5 Å². The highest BCUT2D eigenvalue weighted by Crippen LogP contribution is 2.20. The molecule has 2 saturated heterocycles. The number of carbonyl (C=O) groups is 1. The van der Waals surface area contributed by atoms with Crippen LogP contribution in [0.15, 0.2) is 24.3 Å². The van der Waals surface area contributed by atoms with E-state index in [1.54, 1.807) is 0 Å². The Kier molecular flexibility index (Phi) is 7.68. The molecular formula is C22H35N3O2. The Balaban J connectivity index is 1.40. The zero-order valence-electron chi connectivity index (χ0n) is 17.0. The first-order valence-corrected chi connectivity index (χ1v) is 10.5. The van der Waals surface area contributed by atoms with Gasteiger partial charge in [0.05, 0.1) is 13.2 Å². The minimum Gasteiger partial charge on any atom is -0.379 e. The molecule has 0 aliphatic carbocycles. The van der Waals surface area contributed by atoms with Crippen LogP contribution in [0.1, 0.15) is 42.6 Å². The molecule has 2 fully saturated rings. The molecule has 1 aromatic carbocycles. The van der Waals surface area contributed by atoms with E-state index in [1.165, 1.54) is 25.1 Å². The van der Waals surface area contributed by atoms with Crippen molar-refractivity contribution in [3.8, 4) is 0 Å². The van der Waals surface area contributed by atoms with Gasteiger partial charge in [0, 0.05) is 44.8 Å². The van der Waals surface area contributed by atoms with Gasteiger partial charge in [0.1, 0.15) is 0 Å². The minimum absolute atomic E-state index is 0.0409. The van der Waals surface area contributed by atoms with Gasteiger partial charge in [-0.3, -0.25) is 9.69 Å². The molecule has 2 heterocycles. The summed E-state index contributed by atoms with van der Waals surface area (Å²) in [6.45, 7) is 13.3. The van der Waals surface area contributed by atoms with Crippen molar-refractivity contribution in [3.63, 3.8) is 0 Å². The number of piperidine rings is 1. The monoisotopic (exact) mass is 373 g/mol. The van der Waals surface area contributed by atoms with Crippen LogP contribution in [0.2, 0.25) is 0 Å². The van der Waals surface area contributed by atoms with Crippen LogP contribution < -0.4 is 5.32 Å². The number of carbonyl (C=O) groups excluding carboxylic acids is 1. The van der Waals surface area contributed by atoms with Crippen molar-refractivity contribution >= 4 is 5.91 Å². The number of nitrogens with one attached hydrogen (secondary N) is 1. The highest BCUT2D eigenvalue weighted by molar-refractivity contribution is 5.94. The van der Waals surface area contributed by atoms with E-state index in [2.05, 4.69) is 35.0 Å². The molecule has 0 bridgehead atoms. The standard InChI is InChI=1S/C22H35N3O2/c1-18-13-19(2)16-25(15-18)8-4-7-23-22(26)21-6-3-5-20(14-21)17-24-9-11-27-12-10-24/h3,5-6,14,18-19H,4,7-13,15-17H2,1-2H3,(H,23,26). The first-order valence-electron chi connectivity index (χ1n) is 10.5. The van der Waals surface area contributed by atoms with Gasteiger partial charge >= 0.3 is 0 Å². The summed E-state index contributed by atoms with van der Waals surface area (Å²) in [4.78, 5) is 17.4. The molecule has 5 heteroatoms. The summed E-state index contributed by atoms with van der Waals surface area (Å²) in [6, 6.07) is 8.02. The van der Waals surface area contributed by atoms with E-state index in [0.717, 1.165) is 69.8 Å². The van der Waals surface area contributed by atoms with Crippen molar-refractivity contribution in [3.05, 3.63) is 35.4 Å². The number of amides is 1. The summed E-state index contributed by atoms with van der Waals surface area (Å²) >= 11 is 0. The van der Waals surface area contributed by atoms with Gasteiger partial charge in [-0.05, 0) is 48.9 Å². The highest BCUT2D eigenvalue weighted by atomic mass is 16.5. The lowest BCUT2D eigenvalue weighted by Gasteiger charge is -2.34. The predicted molar refractivity (Wildman–Crippen MR) is 109 cm³/mol. The van der Waals surface area contributed by atoms with Gasteiger partial charge in [0.15, 0.2) is 0 Å². The smallest absolute Gasteiger partial charge is 0.251 e. The van der Waals surface area contributed by atoms with Crippen molar-refractivity contribution < 1.29 is 9.53 Å². The van der Waals surface area contributed by atoms with Crippen LogP contribution in [0.25, 0.3) is 0 Å². The molecule has 0 saturated carbocycles. The summed E-state index contributed by atoms with van der Waals surface area (Å²) in [7, 11) is 0. The number of hydrogen-bond donors (Lipinski definition) is 1. The third-order valence-electron chi connectivity index (χ3n) is 5.58. The van der Waals surface area contributed by atoms with E-state index in [1.807, 2.05) is 18.2 Å². The number of nitrogens with zero attached hydrogens (tertiary/aromatic N) is 2. The van der Waals surface area contributed by atoms with Crippen molar-refractivity contribution in [2.45, 2.75) is 33.2 Å². The molecule has 2 aliphatic heterocycles. The summed E-state index contributed by atoms with van der Waals surface area (Å²) in [5.74, 6) is 1.62. The van der Waals surface area contributed by atoms with Crippen LogP contribution in [-0.2, 0) is 11.3 Å². The second-order valence-corrected chi connectivity index (χ2v) is 8.40. The Labute approximate surface area is 164 Å². The van der Waals surface area contributed by atoms with Crippen LogP contribution in [0, 0.1) is 11.8 Å². The second kappa shape index (κ2) is 10.2. The molecule has 1 N–H and O–H groups in total. The van der Waals surface area contributed by atoms with Crippen LogP contribution >= 0.6 is 0 Å². The lowest BCUT2D eigenvalue weighted by molar-refractivity contribution is 0.0342. The quantitative estimate of drug-likeness (QED) is 0.747. The number of ether oxygens (including phenoxy) is 1. The first kappa shape index (κ1) is 20.3. The van der Waals surface area contributed by atoms with Gasteiger partial charge in [0.2, 0.25) is 0 Å². The maximum Gasteiger partial charge on any atom is 0.251 e. The van der Waals surface area contributed by atoms with Crippen molar-refractivity contribution in [1.82, 2.24) is 15.1 Å². The SMILES string of the molecule is CC1CC(C)CN(CCCNC(=O)c2cccc(CN3CCOCC3)c2)C1. The Morgan fingerprint density at radius 1 is 1.15 bits per heavy atom. The lowest BCUT2D eigenvalue weighted by Crippen LogP contribution is -2.40. The maximum absolute atomic E-state index is 12.5. The highest BCUT2D eigenvalue weighted by Gasteiger charge is 2.21. The summed E-state index contributed by atoms with van der Waals surface area (Å²) in [6.07, 6.45) is 2.35. The molecule has 1 aromatic rings. The molecular weight excluding hydrogens is 338 g/mol. The fourth-order valence-corrected chi connectivity index (χ4v) is 4.41. The van der Waals surface area contributed by atoms with Crippen molar-refractivity contribution in [1.29, 1.82) is 0 Å². The average Bonchev–Trinajstić information content (AvgIpc) is 2.65. The zero-order chi connectivity index (χ0) is 19.1. The van der Waals surface area contributed by atoms with Gasteiger partial charge in [-0.15, -0.1) is 0 Å². The fraction of sp³-hybridized carbons (Fsp3) is 0.682. The van der Waals surface area contributed by atoms with Crippen LogP contribution in [0.4, 0.5) is 0 Å².